The minimum atomic E-state index is 0.196. The summed E-state index contributed by atoms with van der Waals surface area (Å²) in [6.45, 7) is 16.2. The zero-order valence-corrected chi connectivity index (χ0v) is 16.5. The Labute approximate surface area is 148 Å². The highest BCUT2D eigenvalue weighted by Gasteiger charge is 2.26. The minimum Gasteiger partial charge on any atom is -0.0651 e. The quantitative estimate of drug-likeness (QED) is 0.487. The molecule has 0 unspecified atom stereocenters. The highest BCUT2D eigenvalue weighted by Crippen LogP contribution is 2.43. The zero-order valence-electron chi connectivity index (χ0n) is 16.5. The molecule has 3 rings (SSSR count). The van der Waals surface area contributed by atoms with Crippen LogP contribution in [0, 0.1) is 0 Å². The van der Waals surface area contributed by atoms with Crippen LogP contribution in [-0.4, -0.2) is 0 Å². The lowest BCUT2D eigenvalue weighted by molar-refractivity contribution is 0.588. The van der Waals surface area contributed by atoms with Crippen LogP contribution < -0.4 is 0 Å². The largest absolute Gasteiger partial charge is 0.0651 e. The second kappa shape index (κ2) is 5.76. The number of rotatable bonds is 2. The molecule has 0 fully saturated rings. The van der Waals surface area contributed by atoms with Crippen molar-refractivity contribution in [2.24, 2.45) is 0 Å². The van der Waals surface area contributed by atoms with Crippen molar-refractivity contribution in [1.29, 1.82) is 0 Å². The molecule has 0 heterocycles. The summed E-state index contributed by atoms with van der Waals surface area (Å²) in [7, 11) is 0. The van der Waals surface area contributed by atoms with E-state index in [2.05, 4.69) is 78.8 Å². The van der Waals surface area contributed by atoms with Crippen LogP contribution in [0.2, 0.25) is 0 Å². The molecule has 0 spiro atoms. The van der Waals surface area contributed by atoms with Gasteiger partial charge in [-0.25, -0.2) is 0 Å². The molecular weight excluding hydrogens is 288 g/mol. The SMILES string of the molecule is CCCc1cc(C(C)(C)C)cc2c1Cc1ccc(C(C)(C)C)cc1-2. The van der Waals surface area contributed by atoms with Gasteiger partial charge in [-0.05, 0) is 62.6 Å². The fourth-order valence-corrected chi connectivity index (χ4v) is 3.74. The molecular formula is C24H32. The first-order valence-corrected chi connectivity index (χ1v) is 9.41. The summed E-state index contributed by atoms with van der Waals surface area (Å²) in [6.07, 6.45) is 3.50. The first kappa shape index (κ1) is 17.3. The van der Waals surface area contributed by atoms with Crippen molar-refractivity contribution >= 4 is 0 Å². The van der Waals surface area contributed by atoms with Gasteiger partial charge in [0.05, 0.1) is 0 Å². The smallest absolute Gasteiger partial charge is 0.00107 e. The van der Waals surface area contributed by atoms with Gasteiger partial charge in [-0.15, -0.1) is 0 Å². The van der Waals surface area contributed by atoms with Crippen LogP contribution in [0.5, 0.6) is 0 Å². The van der Waals surface area contributed by atoms with Gasteiger partial charge in [-0.2, -0.15) is 0 Å². The van der Waals surface area contributed by atoms with Gasteiger partial charge >= 0.3 is 0 Å². The third kappa shape index (κ3) is 3.04. The minimum absolute atomic E-state index is 0.196. The van der Waals surface area contributed by atoms with Crippen LogP contribution in [0.25, 0.3) is 11.1 Å². The monoisotopic (exact) mass is 320 g/mol. The van der Waals surface area contributed by atoms with E-state index >= 15 is 0 Å². The molecule has 24 heavy (non-hydrogen) atoms. The van der Waals surface area contributed by atoms with E-state index in [9.17, 15) is 0 Å². The molecule has 0 atom stereocenters. The number of fused-ring (bicyclic) bond motifs is 3. The summed E-state index contributed by atoms with van der Waals surface area (Å²) in [6, 6.07) is 12.1. The number of hydrogen-bond acceptors (Lipinski definition) is 0. The van der Waals surface area contributed by atoms with Crippen molar-refractivity contribution in [3.63, 3.8) is 0 Å². The second-order valence-electron chi connectivity index (χ2n) is 9.46. The van der Waals surface area contributed by atoms with E-state index in [1.165, 1.54) is 40.7 Å². The molecule has 0 amide bonds. The molecule has 0 bridgehead atoms. The molecule has 0 saturated heterocycles. The standard InChI is InChI=1S/C24H32/c1-8-9-16-12-19(24(5,6)7)15-22-20(16)13-17-10-11-18(14-21(17)22)23(2,3)4/h10-12,14-15H,8-9,13H2,1-7H3. The molecule has 2 aromatic carbocycles. The molecule has 2 aromatic rings. The Balaban J connectivity index is 2.21. The predicted molar refractivity (Wildman–Crippen MR) is 106 cm³/mol. The van der Waals surface area contributed by atoms with Crippen LogP contribution in [-0.2, 0) is 23.7 Å². The molecule has 0 nitrogen and oxygen atoms in total. The Morgan fingerprint density at radius 2 is 1.42 bits per heavy atom. The van der Waals surface area contributed by atoms with Crippen molar-refractivity contribution in [1.82, 2.24) is 0 Å². The first-order valence-electron chi connectivity index (χ1n) is 9.41. The molecule has 0 N–H and O–H groups in total. The predicted octanol–water partition coefficient (Wildman–Crippen LogP) is 6.81. The van der Waals surface area contributed by atoms with Crippen molar-refractivity contribution in [3.05, 3.63) is 58.1 Å². The van der Waals surface area contributed by atoms with E-state index in [-0.39, 0.29) is 10.8 Å². The van der Waals surface area contributed by atoms with Crippen LogP contribution >= 0.6 is 0 Å². The molecule has 1 aliphatic rings. The molecule has 0 aliphatic heterocycles. The van der Waals surface area contributed by atoms with Crippen LogP contribution in [0.15, 0.2) is 30.3 Å². The average Bonchev–Trinajstić information content (AvgIpc) is 2.84. The molecule has 0 saturated carbocycles. The second-order valence-corrected chi connectivity index (χ2v) is 9.46. The van der Waals surface area contributed by atoms with E-state index in [0.29, 0.717) is 0 Å². The number of hydrogen-bond donors (Lipinski definition) is 0. The van der Waals surface area contributed by atoms with E-state index in [4.69, 9.17) is 0 Å². The Morgan fingerprint density at radius 3 is 2.00 bits per heavy atom. The maximum Gasteiger partial charge on any atom is -0.00107 e. The first-order chi connectivity index (χ1) is 11.1. The van der Waals surface area contributed by atoms with Gasteiger partial charge in [0.1, 0.15) is 0 Å². The summed E-state index contributed by atoms with van der Waals surface area (Å²) in [5.74, 6) is 0. The fraction of sp³-hybridized carbons (Fsp3) is 0.500. The molecule has 0 heteroatoms. The van der Waals surface area contributed by atoms with Crippen LogP contribution in [0.1, 0.15) is 82.7 Å². The van der Waals surface area contributed by atoms with Gasteiger partial charge in [-0.3, -0.25) is 0 Å². The summed E-state index contributed by atoms with van der Waals surface area (Å²) in [5, 5.41) is 0. The molecule has 128 valence electrons. The van der Waals surface area contributed by atoms with E-state index < -0.39 is 0 Å². The molecule has 0 aromatic heterocycles. The van der Waals surface area contributed by atoms with E-state index in [1.807, 2.05) is 0 Å². The highest BCUT2D eigenvalue weighted by molar-refractivity contribution is 5.79. The van der Waals surface area contributed by atoms with Gasteiger partial charge in [0, 0.05) is 0 Å². The average molecular weight is 321 g/mol. The van der Waals surface area contributed by atoms with Crippen LogP contribution in [0.4, 0.5) is 0 Å². The summed E-state index contributed by atoms with van der Waals surface area (Å²) in [5.41, 5.74) is 10.9. The highest BCUT2D eigenvalue weighted by atomic mass is 14.3. The lowest BCUT2D eigenvalue weighted by Crippen LogP contribution is -2.12. The van der Waals surface area contributed by atoms with Crippen molar-refractivity contribution in [2.75, 3.05) is 0 Å². The van der Waals surface area contributed by atoms with Gasteiger partial charge in [-0.1, -0.05) is 85.2 Å². The Kier molecular flexibility index (Phi) is 4.14. The van der Waals surface area contributed by atoms with Gasteiger partial charge in [0.25, 0.3) is 0 Å². The normalized spacial score (nSPS) is 13.8. The lowest BCUT2D eigenvalue weighted by Gasteiger charge is -2.23. The Morgan fingerprint density at radius 1 is 0.792 bits per heavy atom. The number of benzene rings is 2. The summed E-state index contributed by atoms with van der Waals surface area (Å²) in [4.78, 5) is 0. The topological polar surface area (TPSA) is 0 Å². The maximum absolute atomic E-state index is 2.47. The third-order valence-electron chi connectivity index (χ3n) is 5.36. The number of aryl methyl sites for hydroxylation is 1. The lowest BCUT2D eigenvalue weighted by atomic mass is 9.82. The van der Waals surface area contributed by atoms with Crippen molar-refractivity contribution < 1.29 is 0 Å². The van der Waals surface area contributed by atoms with Gasteiger partial charge in [0.2, 0.25) is 0 Å². The van der Waals surface area contributed by atoms with Gasteiger partial charge in [0.15, 0.2) is 0 Å². The van der Waals surface area contributed by atoms with Gasteiger partial charge < -0.3 is 0 Å². The van der Waals surface area contributed by atoms with Crippen molar-refractivity contribution in [2.45, 2.75) is 78.6 Å². The Hall–Kier alpha value is -1.56. The van der Waals surface area contributed by atoms with E-state index in [1.54, 1.807) is 11.1 Å². The molecule has 1 aliphatic carbocycles. The Bertz CT molecular complexity index is 764. The van der Waals surface area contributed by atoms with Crippen LogP contribution in [0.3, 0.4) is 0 Å². The fourth-order valence-electron chi connectivity index (χ4n) is 3.74. The molecule has 0 radical (unpaired) electrons. The van der Waals surface area contributed by atoms with Crippen molar-refractivity contribution in [3.8, 4) is 11.1 Å². The van der Waals surface area contributed by atoms with E-state index in [0.717, 1.165) is 6.42 Å². The summed E-state index contributed by atoms with van der Waals surface area (Å²) >= 11 is 0. The zero-order chi connectivity index (χ0) is 17.7. The summed E-state index contributed by atoms with van der Waals surface area (Å²) < 4.78 is 0. The third-order valence-corrected chi connectivity index (χ3v) is 5.36. The maximum atomic E-state index is 2.47.